The van der Waals surface area contributed by atoms with E-state index in [-0.39, 0.29) is 12.7 Å². The molecular weight excluding hydrogens is 346 g/mol. The Morgan fingerprint density at radius 3 is 2.52 bits per heavy atom. The number of hydrogen-bond donors (Lipinski definition) is 1. The quantitative estimate of drug-likeness (QED) is 0.817. The molecule has 1 aromatic rings. The molecule has 1 aromatic carbocycles. The number of piperidine rings is 2. The molecule has 2 saturated heterocycles. The van der Waals surface area contributed by atoms with Crippen LogP contribution in [0.4, 0.5) is 4.79 Å². The van der Waals surface area contributed by atoms with Gasteiger partial charge in [-0.25, -0.2) is 4.79 Å². The Kier molecular flexibility index (Phi) is 6.54. The van der Waals surface area contributed by atoms with Gasteiger partial charge < -0.3 is 19.5 Å². The Hall–Kier alpha value is -2.30. The second-order valence-corrected chi connectivity index (χ2v) is 7.39. The lowest BCUT2D eigenvalue weighted by Gasteiger charge is -2.45. The molecule has 2 fully saturated rings. The maximum Gasteiger partial charge on any atom is 0.409 e. The summed E-state index contributed by atoms with van der Waals surface area (Å²) in [6.45, 7) is 6.21. The van der Waals surface area contributed by atoms with Crippen molar-refractivity contribution in [1.29, 1.82) is 5.26 Å². The summed E-state index contributed by atoms with van der Waals surface area (Å²) in [5.41, 5.74) is 0.583. The van der Waals surface area contributed by atoms with E-state index in [1.807, 2.05) is 11.8 Å². The van der Waals surface area contributed by atoms with Gasteiger partial charge in [-0.2, -0.15) is 5.26 Å². The highest BCUT2D eigenvalue weighted by Gasteiger charge is 2.36. The zero-order valence-electron chi connectivity index (χ0n) is 15.7. The minimum atomic E-state index is -0.583. The number of nitriles is 1. The molecule has 3 atom stereocenters. The minimum absolute atomic E-state index is 0.212. The zero-order valence-corrected chi connectivity index (χ0v) is 15.7. The molecule has 3 rings (SSSR count). The molecular formula is C20H27N3O4. The lowest BCUT2D eigenvalue weighted by molar-refractivity contribution is -0.00103. The van der Waals surface area contributed by atoms with Crippen LogP contribution in [-0.4, -0.2) is 73.0 Å². The molecule has 1 N–H and O–H groups in total. The molecule has 146 valence electrons. The first-order valence-corrected chi connectivity index (χ1v) is 9.52. The smallest absolute Gasteiger partial charge is 0.409 e. The van der Waals surface area contributed by atoms with E-state index in [9.17, 15) is 9.90 Å². The molecule has 1 amide bonds. The van der Waals surface area contributed by atoms with E-state index in [4.69, 9.17) is 14.7 Å². The van der Waals surface area contributed by atoms with Crippen LogP contribution in [0, 0.1) is 23.2 Å². The molecule has 2 aliphatic rings. The molecule has 2 aliphatic heterocycles. The van der Waals surface area contributed by atoms with Crippen molar-refractivity contribution in [3.63, 3.8) is 0 Å². The molecule has 3 unspecified atom stereocenters. The van der Waals surface area contributed by atoms with Crippen LogP contribution in [0.25, 0.3) is 0 Å². The van der Waals surface area contributed by atoms with Crippen LogP contribution in [0.5, 0.6) is 5.75 Å². The van der Waals surface area contributed by atoms with Gasteiger partial charge in [-0.15, -0.1) is 0 Å². The number of carbonyl (C=O) groups is 1. The average Bonchev–Trinajstić information content (AvgIpc) is 2.66. The predicted octanol–water partition coefficient (Wildman–Crippen LogP) is 1.71. The van der Waals surface area contributed by atoms with Gasteiger partial charge in [0.15, 0.2) is 0 Å². The van der Waals surface area contributed by atoms with Gasteiger partial charge in [0.05, 0.1) is 18.2 Å². The number of rotatable bonds is 6. The van der Waals surface area contributed by atoms with Crippen molar-refractivity contribution in [3.05, 3.63) is 29.8 Å². The Morgan fingerprint density at radius 1 is 1.26 bits per heavy atom. The second-order valence-electron chi connectivity index (χ2n) is 7.39. The topological polar surface area (TPSA) is 86.0 Å². The first kappa shape index (κ1) is 19.5. The molecule has 0 aliphatic carbocycles. The van der Waals surface area contributed by atoms with E-state index in [0.29, 0.717) is 36.3 Å². The van der Waals surface area contributed by atoms with Gasteiger partial charge in [-0.05, 0) is 49.4 Å². The number of likely N-dealkylation sites (tertiary alicyclic amines) is 2. The normalized spacial score (nSPS) is 23.4. The maximum absolute atomic E-state index is 12.0. The fraction of sp³-hybridized carbons (Fsp3) is 0.600. The third kappa shape index (κ3) is 5.34. The predicted molar refractivity (Wildman–Crippen MR) is 99.3 cm³/mol. The highest BCUT2D eigenvalue weighted by Crippen LogP contribution is 2.29. The molecule has 2 heterocycles. The van der Waals surface area contributed by atoms with Crippen molar-refractivity contribution >= 4 is 6.09 Å². The summed E-state index contributed by atoms with van der Waals surface area (Å²) in [7, 11) is 0. The Bertz CT molecular complexity index is 659. The van der Waals surface area contributed by atoms with Crippen LogP contribution in [0.15, 0.2) is 24.3 Å². The van der Waals surface area contributed by atoms with Crippen LogP contribution in [0.2, 0.25) is 0 Å². The first-order chi connectivity index (χ1) is 13.1. The molecule has 27 heavy (non-hydrogen) atoms. The zero-order chi connectivity index (χ0) is 19.2. The van der Waals surface area contributed by atoms with E-state index in [0.717, 1.165) is 32.6 Å². The van der Waals surface area contributed by atoms with E-state index in [2.05, 4.69) is 11.0 Å². The summed E-state index contributed by atoms with van der Waals surface area (Å²) < 4.78 is 10.7. The summed E-state index contributed by atoms with van der Waals surface area (Å²) in [6, 6.07) is 8.93. The van der Waals surface area contributed by atoms with Crippen molar-refractivity contribution in [3.8, 4) is 11.8 Å². The fourth-order valence-corrected chi connectivity index (χ4v) is 4.07. The van der Waals surface area contributed by atoms with Crippen LogP contribution < -0.4 is 4.74 Å². The SMILES string of the molecule is CCOC(=O)N1CC2CC(CN(CC(O)COc3ccc(C#N)cc3)C2)C1. The van der Waals surface area contributed by atoms with Crippen molar-refractivity contribution in [2.24, 2.45) is 11.8 Å². The number of benzene rings is 1. The summed E-state index contributed by atoms with van der Waals surface area (Å²) in [5.74, 6) is 1.50. The molecule has 0 saturated carbocycles. The third-order valence-electron chi connectivity index (χ3n) is 5.08. The lowest BCUT2D eigenvalue weighted by atomic mass is 9.84. The van der Waals surface area contributed by atoms with Crippen molar-refractivity contribution in [2.45, 2.75) is 19.4 Å². The summed E-state index contributed by atoms with van der Waals surface area (Å²) >= 11 is 0. The minimum Gasteiger partial charge on any atom is -0.491 e. The molecule has 0 spiro atoms. The van der Waals surface area contributed by atoms with Crippen LogP contribution in [0.3, 0.4) is 0 Å². The largest absolute Gasteiger partial charge is 0.491 e. The number of hydrogen-bond acceptors (Lipinski definition) is 6. The van der Waals surface area contributed by atoms with Gasteiger partial charge in [-0.3, -0.25) is 4.90 Å². The monoisotopic (exact) mass is 373 g/mol. The number of aliphatic hydroxyl groups excluding tert-OH is 1. The standard InChI is InChI=1S/C20H27N3O4/c1-2-26-20(25)23-11-16-7-17(12-23)10-22(9-16)13-18(24)14-27-19-5-3-15(8-21)4-6-19/h3-6,16-18,24H,2,7,9-14H2,1H3. The van der Waals surface area contributed by atoms with Gasteiger partial charge in [-0.1, -0.05) is 0 Å². The van der Waals surface area contributed by atoms with Gasteiger partial charge in [0.25, 0.3) is 0 Å². The number of carbonyl (C=O) groups excluding carboxylic acids is 1. The highest BCUT2D eigenvalue weighted by molar-refractivity contribution is 5.67. The molecule has 0 radical (unpaired) electrons. The van der Waals surface area contributed by atoms with Crippen molar-refractivity contribution < 1.29 is 19.4 Å². The van der Waals surface area contributed by atoms with Crippen LogP contribution in [-0.2, 0) is 4.74 Å². The number of fused-ring (bicyclic) bond motifs is 2. The number of amides is 1. The van der Waals surface area contributed by atoms with Crippen LogP contribution in [0.1, 0.15) is 18.9 Å². The van der Waals surface area contributed by atoms with E-state index >= 15 is 0 Å². The first-order valence-electron chi connectivity index (χ1n) is 9.52. The lowest BCUT2D eigenvalue weighted by Crippen LogP contribution is -2.55. The summed E-state index contributed by atoms with van der Waals surface area (Å²) in [5, 5.41) is 19.1. The highest BCUT2D eigenvalue weighted by atomic mass is 16.6. The number of aliphatic hydroxyl groups is 1. The number of ether oxygens (including phenoxy) is 2. The third-order valence-corrected chi connectivity index (χ3v) is 5.08. The molecule has 2 bridgehead atoms. The second kappa shape index (κ2) is 9.07. The van der Waals surface area contributed by atoms with Crippen LogP contribution >= 0.6 is 0 Å². The van der Waals surface area contributed by atoms with Gasteiger partial charge in [0, 0.05) is 32.7 Å². The molecule has 0 aromatic heterocycles. The van der Waals surface area contributed by atoms with E-state index in [1.54, 1.807) is 24.3 Å². The Balaban J connectivity index is 1.44. The summed E-state index contributed by atoms with van der Waals surface area (Å²) in [4.78, 5) is 16.1. The van der Waals surface area contributed by atoms with E-state index in [1.165, 1.54) is 0 Å². The molecule has 7 heteroatoms. The number of β-amino-alcohol motifs (C(OH)–C–C–N with tert-alkyl or cyclic N) is 1. The number of nitrogens with zero attached hydrogens (tertiary/aromatic N) is 3. The van der Waals surface area contributed by atoms with Crippen molar-refractivity contribution in [2.75, 3.05) is 45.9 Å². The van der Waals surface area contributed by atoms with E-state index < -0.39 is 6.10 Å². The Morgan fingerprint density at radius 2 is 1.93 bits per heavy atom. The van der Waals surface area contributed by atoms with Crippen molar-refractivity contribution in [1.82, 2.24) is 9.80 Å². The molecule has 7 nitrogen and oxygen atoms in total. The Labute approximate surface area is 160 Å². The van der Waals surface area contributed by atoms with Gasteiger partial charge >= 0.3 is 6.09 Å². The fourth-order valence-electron chi connectivity index (χ4n) is 4.07. The summed E-state index contributed by atoms with van der Waals surface area (Å²) in [6.07, 6.45) is 0.335. The van der Waals surface area contributed by atoms with Gasteiger partial charge in [0.1, 0.15) is 18.5 Å². The van der Waals surface area contributed by atoms with Gasteiger partial charge in [0.2, 0.25) is 0 Å². The average molecular weight is 373 g/mol. The maximum atomic E-state index is 12.0.